The Morgan fingerprint density at radius 3 is 2.45 bits per heavy atom. The van der Waals surface area contributed by atoms with E-state index in [1.807, 2.05) is 0 Å². The van der Waals surface area contributed by atoms with Gasteiger partial charge in [0, 0.05) is 12.1 Å². The molecule has 0 fully saturated rings. The fourth-order valence-electron chi connectivity index (χ4n) is 1.73. The van der Waals surface area contributed by atoms with Crippen LogP contribution in [0, 0.1) is 5.82 Å². The number of halogens is 1. The minimum Gasteiger partial charge on any atom is -0.444 e. The summed E-state index contributed by atoms with van der Waals surface area (Å²) in [5, 5.41) is 2.61. The van der Waals surface area contributed by atoms with Crippen molar-refractivity contribution in [3.8, 4) is 0 Å². The molecule has 1 rings (SSSR count). The van der Waals surface area contributed by atoms with E-state index in [9.17, 15) is 9.18 Å². The van der Waals surface area contributed by atoms with Gasteiger partial charge in [-0.15, -0.1) is 0 Å². The van der Waals surface area contributed by atoms with Crippen molar-refractivity contribution in [3.63, 3.8) is 0 Å². The maximum absolute atomic E-state index is 13.6. The first kappa shape index (κ1) is 16.4. The summed E-state index contributed by atoms with van der Waals surface area (Å²) in [4.78, 5) is 11.6. The predicted molar refractivity (Wildman–Crippen MR) is 76.9 cm³/mol. The van der Waals surface area contributed by atoms with Crippen LogP contribution in [0.3, 0.4) is 0 Å². The van der Waals surface area contributed by atoms with Gasteiger partial charge in [-0.3, -0.25) is 0 Å². The Hall–Kier alpha value is -1.62. The Bertz CT molecular complexity index is 467. The molecule has 0 saturated carbocycles. The molecular formula is C15H23FN2O2. The third-order valence-electron chi connectivity index (χ3n) is 2.59. The molecule has 0 aliphatic carbocycles. The molecule has 0 spiro atoms. The first-order chi connectivity index (χ1) is 9.09. The maximum Gasteiger partial charge on any atom is 0.407 e. The maximum atomic E-state index is 13.6. The third-order valence-corrected chi connectivity index (χ3v) is 2.59. The SMILES string of the molecule is CC(N)(CNC(=O)OC(C)(C)C)Cc1ccccc1F. The number of rotatable bonds is 4. The van der Waals surface area contributed by atoms with Crippen LogP contribution in [0.25, 0.3) is 0 Å². The predicted octanol–water partition coefficient (Wildman–Crippen LogP) is 2.61. The number of amides is 1. The molecule has 1 aromatic carbocycles. The van der Waals surface area contributed by atoms with Gasteiger partial charge < -0.3 is 15.8 Å². The number of hydrogen-bond acceptors (Lipinski definition) is 3. The molecule has 0 aromatic heterocycles. The minimum absolute atomic E-state index is 0.205. The lowest BCUT2D eigenvalue weighted by Gasteiger charge is -2.26. The van der Waals surface area contributed by atoms with Gasteiger partial charge in [-0.25, -0.2) is 9.18 Å². The van der Waals surface area contributed by atoms with Gasteiger partial charge in [-0.1, -0.05) is 18.2 Å². The summed E-state index contributed by atoms with van der Waals surface area (Å²) in [7, 11) is 0. The molecule has 0 aliphatic rings. The molecule has 1 unspecified atom stereocenters. The molecule has 0 saturated heterocycles. The molecule has 1 aromatic rings. The summed E-state index contributed by atoms with van der Waals surface area (Å²) in [5.41, 5.74) is 5.32. The van der Waals surface area contributed by atoms with Crippen molar-refractivity contribution in [2.24, 2.45) is 5.73 Å². The van der Waals surface area contributed by atoms with Crippen molar-refractivity contribution in [1.29, 1.82) is 0 Å². The van der Waals surface area contributed by atoms with Crippen LogP contribution >= 0.6 is 0 Å². The Labute approximate surface area is 119 Å². The van der Waals surface area contributed by atoms with Crippen LogP contribution in [0.1, 0.15) is 33.3 Å². The van der Waals surface area contributed by atoms with E-state index >= 15 is 0 Å². The number of alkyl carbamates (subject to hydrolysis) is 1. The van der Waals surface area contributed by atoms with Crippen molar-refractivity contribution in [2.75, 3.05) is 6.54 Å². The largest absolute Gasteiger partial charge is 0.444 e. The average Bonchev–Trinajstić information content (AvgIpc) is 2.27. The van der Waals surface area contributed by atoms with E-state index in [1.165, 1.54) is 6.07 Å². The zero-order chi connectivity index (χ0) is 15.4. The van der Waals surface area contributed by atoms with Gasteiger partial charge in [-0.05, 0) is 45.7 Å². The van der Waals surface area contributed by atoms with E-state index in [-0.39, 0.29) is 12.4 Å². The van der Waals surface area contributed by atoms with Crippen LogP contribution in [0.4, 0.5) is 9.18 Å². The van der Waals surface area contributed by atoms with E-state index in [4.69, 9.17) is 10.5 Å². The van der Waals surface area contributed by atoms with Gasteiger partial charge in [0.25, 0.3) is 0 Å². The Morgan fingerprint density at radius 2 is 1.90 bits per heavy atom. The lowest BCUT2D eigenvalue weighted by Crippen LogP contribution is -2.50. The molecule has 4 nitrogen and oxygen atoms in total. The number of carbonyl (C=O) groups excluding carboxylic acids is 1. The van der Waals surface area contributed by atoms with Crippen molar-refractivity contribution in [1.82, 2.24) is 5.32 Å². The summed E-state index contributed by atoms with van der Waals surface area (Å²) in [6, 6.07) is 6.47. The highest BCUT2D eigenvalue weighted by atomic mass is 19.1. The highest BCUT2D eigenvalue weighted by Crippen LogP contribution is 2.14. The second-order valence-electron chi connectivity index (χ2n) is 6.28. The molecule has 3 N–H and O–H groups in total. The Balaban J connectivity index is 2.54. The van der Waals surface area contributed by atoms with Gasteiger partial charge in [0.05, 0.1) is 0 Å². The number of benzene rings is 1. The van der Waals surface area contributed by atoms with Crippen molar-refractivity contribution < 1.29 is 13.9 Å². The molecule has 0 radical (unpaired) electrons. The van der Waals surface area contributed by atoms with Gasteiger partial charge in [0.1, 0.15) is 11.4 Å². The van der Waals surface area contributed by atoms with Crippen LogP contribution in [-0.2, 0) is 11.2 Å². The van der Waals surface area contributed by atoms with Gasteiger partial charge >= 0.3 is 6.09 Å². The van der Waals surface area contributed by atoms with Crippen LogP contribution < -0.4 is 11.1 Å². The summed E-state index contributed by atoms with van der Waals surface area (Å²) in [6.45, 7) is 7.32. The van der Waals surface area contributed by atoms with E-state index in [2.05, 4.69) is 5.32 Å². The normalized spacial score (nSPS) is 14.5. The number of hydrogen-bond donors (Lipinski definition) is 2. The summed E-state index contributed by atoms with van der Waals surface area (Å²) < 4.78 is 18.7. The fourth-order valence-corrected chi connectivity index (χ4v) is 1.73. The van der Waals surface area contributed by atoms with Crippen LogP contribution in [0.2, 0.25) is 0 Å². The molecule has 0 bridgehead atoms. The summed E-state index contributed by atoms with van der Waals surface area (Å²) in [5.74, 6) is -0.290. The number of nitrogens with one attached hydrogen (secondary N) is 1. The molecule has 0 heterocycles. The van der Waals surface area contributed by atoms with Crippen LogP contribution in [0.15, 0.2) is 24.3 Å². The van der Waals surface area contributed by atoms with Gasteiger partial charge in [0.15, 0.2) is 0 Å². The Morgan fingerprint density at radius 1 is 1.30 bits per heavy atom. The molecule has 0 aliphatic heterocycles. The molecule has 5 heteroatoms. The quantitative estimate of drug-likeness (QED) is 0.892. The van der Waals surface area contributed by atoms with E-state index < -0.39 is 17.2 Å². The second kappa shape index (κ2) is 6.22. The second-order valence-corrected chi connectivity index (χ2v) is 6.28. The lowest BCUT2D eigenvalue weighted by molar-refractivity contribution is 0.0516. The number of nitrogens with two attached hydrogens (primary N) is 1. The Kier molecular flexibility index (Phi) is 5.11. The average molecular weight is 282 g/mol. The van der Waals surface area contributed by atoms with Crippen molar-refractivity contribution in [3.05, 3.63) is 35.6 Å². The van der Waals surface area contributed by atoms with Crippen LogP contribution in [-0.4, -0.2) is 23.8 Å². The highest BCUT2D eigenvalue weighted by Gasteiger charge is 2.23. The van der Waals surface area contributed by atoms with Crippen molar-refractivity contribution in [2.45, 2.75) is 45.3 Å². The van der Waals surface area contributed by atoms with Gasteiger partial charge in [0.2, 0.25) is 0 Å². The fraction of sp³-hybridized carbons (Fsp3) is 0.533. The molecule has 1 amide bonds. The highest BCUT2D eigenvalue weighted by molar-refractivity contribution is 5.67. The third kappa shape index (κ3) is 6.02. The van der Waals surface area contributed by atoms with Crippen LogP contribution in [0.5, 0.6) is 0 Å². The monoisotopic (exact) mass is 282 g/mol. The number of ether oxygens (including phenoxy) is 1. The first-order valence-electron chi connectivity index (χ1n) is 6.58. The van der Waals surface area contributed by atoms with E-state index in [0.717, 1.165) is 0 Å². The minimum atomic E-state index is -0.751. The molecular weight excluding hydrogens is 259 g/mol. The van der Waals surface area contributed by atoms with Crippen molar-refractivity contribution >= 4 is 6.09 Å². The van der Waals surface area contributed by atoms with E-state index in [0.29, 0.717) is 12.0 Å². The summed E-state index contributed by atoms with van der Waals surface area (Å²) >= 11 is 0. The molecule has 112 valence electrons. The zero-order valence-electron chi connectivity index (χ0n) is 12.5. The zero-order valence-corrected chi connectivity index (χ0v) is 12.5. The standard InChI is InChI=1S/C15H23FN2O2/c1-14(2,3)20-13(19)18-10-15(4,17)9-11-7-5-6-8-12(11)16/h5-8H,9-10,17H2,1-4H3,(H,18,19). The number of carbonyl (C=O) groups is 1. The summed E-state index contributed by atoms with van der Waals surface area (Å²) in [6.07, 6.45) is -0.196. The lowest BCUT2D eigenvalue weighted by atomic mass is 9.93. The smallest absolute Gasteiger partial charge is 0.407 e. The molecule has 20 heavy (non-hydrogen) atoms. The van der Waals surface area contributed by atoms with E-state index in [1.54, 1.807) is 45.9 Å². The first-order valence-corrected chi connectivity index (χ1v) is 6.58. The topological polar surface area (TPSA) is 64.3 Å². The molecule has 1 atom stereocenters. The van der Waals surface area contributed by atoms with Gasteiger partial charge in [-0.2, -0.15) is 0 Å².